The molecular weight excluding hydrogens is 286 g/mol. The van der Waals surface area contributed by atoms with Crippen LogP contribution >= 0.6 is 0 Å². The van der Waals surface area contributed by atoms with Crippen molar-refractivity contribution in [3.63, 3.8) is 0 Å². The number of hydrogen-bond acceptors (Lipinski definition) is 3. The van der Waals surface area contributed by atoms with Crippen LogP contribution in [0.2, 0.25) is 6.55 Å². The van der Waals surface area contributed by atoms with Gasteiger partial charge < -0.3 is 8.85 Å². The molecule has 0 bridgehead atoms. The molecule has 21 heavy (non-hydrogen) atoms. The van der Waals surface area contributed by atoms with Crippen LogP contribution in [0, 0.1) is 0 Å². The summed E-state index contributed by atoms with van der Waals surface area (Å²) in [4.78, 5) is 14.0. The van der Waals surface area contributed by atoms with E-state index in [1.54, 1.807) is 12.1 Å². The molecule has 0 saturated heterocycles. The van der Waals surface area contributed by atoms with Crippen LogP contribution in [0.25, 0.3) is 10.4 Å². The van der Waals surface area contributed by atoms with Crippen LogP contribution in [0.3, 0.4) is 0 Å². The van der Waals surface area contributed by atoms with Crippen molar-refractivity contribution < 1.29 is 13.6 Å². The van der Waals surface area contributed by atoms with Crippen LogP contribution in [0.5, 0.6) is 0 Å². The molecule has 0 unspecified atom stereocenters. The molecule has 1 amide bonds. The third kappa shape index (κ3) is 4.98. The number of azide groups is 1. The molecule has 0 aliphatic heterocycles. The Hall–Kier alpha value is -1.66. The summed E-state index contributed by atoms with van der Waals surface area (Å²) in [5, 5.41) is 4.04. The summed E-state index contributed by atoms with van der Waals surface area (Å²) in [6.07, 6.45) is 1.84. The molecular formula is C14H21N3O3Si. The molecule has 0 N–H and O–H groups in total. The van der Waals surface area contributed by atoms with Crippen molar-refractivity contribution in [2.24, 2.45) is 5.11 Å². The molecule has 1 aromatic carbocycles. The summed E-state index contributed by atoms with van der Waals surface area (Å²) in [6, 6.07) is 6.92. The second kappa shape index (κ2) is 8.59. The number of amides is 1. The molecule has 7 heteroatoms. The van der Waals surface area contributed by atoms with Gasteiger partial charge in [-0.25, -0.2) is 0 Å². The van der Waals surface area contributed by atoms with Crippen LogP contribution in [0.1, 0.15) is 37.0 Å². The topological polar surface area (TPSA) is 84.3 Å². The Morgan fingerprint density at radius 2 is 1.71 bits per heavy atom. The summed E-state index contributed by atoms with van der Waals surface area (Å²) in [6.45, 7) is 7.40. The number of benzene rings is 1. The van der Waals surface area contributed by atoms with Crippen molar-refractivity contribution in [2.45, 2.75) is 33.2 Å². The van der Waals surface area contributed by atoms with Crippen LogP contribution in [-0.2, 0) is 8.85 Å². The van der Waals surface area contributed by atoms with Crippen molar-refractivity contribution in [3.05, 3.63) is 40.3 Å². The minimum atomic E-state index is -2.46. The highest BCUT2D eigenvalue weighted by molar-refractivity contribution is 6.79. The molecule has 114 valence electrons. The van der Waals surface area contributed by atoms with Gasteiger partial charge in [0.05, 0.1) is 0 Å². The van der Waals surface area contributed by atoms with Gasteiger partial charge in [-0.3, -0.25) is 4.79 Å². The van der Waals surface area contributed by atoms with Gasteiger partial charge in [0.25, 0.3) is 0 Å². The first-order chi connectivity index (χ1) is 10.1. The summed E-state index contributed by atoms with van der Waals surface area (Å²) < 4.78 is 11.9. The average molecular weight is 307 g/mol. The smallest absolute Gasteiger partial charge is 0.369 e. The van der Waals surface area contributed by atoms with E-state index < -0.39 is 14.5 Å². The monoisotopic (exact) mass is 307 g/mol. The van der Waals surface area contributed by atoms with Gasteiger partial charge in [0.2, 0.25) is 5.91 Å². The standard InChI is InChI=1S/C14H21N3O3Si/c1-4-10-19-21(3,20-11-5-2)13-8-6-12(7-9-13)14(18)16-17-15/h6-9H,4-5,10-11H2,1-3H3. The highest BCUT2D eigenvalue weighted by Crippen LogP contribution is 2.11. The van der Waals surface area contributed by atoms with E-state index >= 15 is 0 Å². The highest BCUT2D eigenvalue weighted by Gasteiger charge is 2.34. The lowest BCUT2D eigenvalue weighted by Crippen LogP contribution is -2.51. The number of hydrogen-bond donors (Lipinski definition) is 0. The predicted molar refractivity (Wildman–Crippen MR) is 83.7 cm³/mol. The lowest BCUT2D eigenvalue weighted by molar-refractivity contribution is 0.100. The lowest BCUT2D eigenvalue weighted by Gasteiger charge is -2.27. The molecule has 0 aliphatic carbocycles. The Labute approximate surface area is 126 Å². The SMILES string of the molecule is CCCO[Si](C)(OCCC)c1ccc(C(=O)N=[N+]=[N-])cc1. The lowest BCUT2D eigenvalue weighted by atomic mass is 10.2. The number of carbonyl (C=O) groups excluding carboxylic acids is 1. The molecule has 1 aromatic rings. The molecule has 6 nitrogen and oxygen atoms in total. The quantitative estimate of drug-likeness (QED) is 0.320. The van der Waals surface area contributed by atoms with Gasteiger partial charge in [0.1, 0.15) is 0 Å². The van der Waals surface area contributed by atoms with E-state index in [2.05, 4.69) is 23.9 Å². The molecule has 0 radical (unpaired) electrons. The van der Waals surface area contributed by atoms with E-state index in [1.165, 1.54) is 0 Å². The van der Waals surface area contributed by atoms with E-state index in [9.17, 15) is 4.79 Å². The largest absolute Gasteiger partial charge is 0.391 e. The van der Waals surface area contributed by atoms with Crippen LogP contribution < -0.4 is 5.19 Å². The maximum absolute atomic E-state index is 11.5. The number of carbonyl (C=O) groups is 1. The van der Waals surface area contributed by atoms with Gasteiger partial charge in [-0.15, -0.1) is 0 Å². The van der Waals surface area contributed by atoms with Crippen molar-refractivity contribution >= 4 is 19.7 Å². The van der Waals surface area contributed by atoms with Gasteiger partial charge in [0.15, 0.2) is 0 Å². The predicted octanol–water partition coefficient (Wildman–Crippen LogP) is 3.27. The van der Waals surface area contributed by atoms with Crippen molar-refractivity contribution in [1.82, 2.24) is 0 Å². The Bertz CT molecular complexity index is 505. The molecule has 0 spiro atoms. The summed E-state index contributed by atoms with van der Waals surface area (Å²) in [5.41, 5.74) is 8.64. The van der Waals surface area contributed by atoms with E-state index in [4.69, 9.17) is 14.4 Å². The van der Waals surface area contributed by atoms with E-state index in [1.807, 2.05) is 18.7 Å². The zero-order chi connectivity index (χ0) is 15.7. The molecule has 1 rings (SSSR count). The molecule has 0 aliphatic rings. The summed E-state index contributed by atoms with van der Waals surface area (Å²) >= 11 is 0. The Balaban J connectivity index is 2.97. The summed E-state index contributed by atoms with van der Waals surface area (Å²) in [7, 11) is -2.46. The fourth-order valence-electron chi connectivity index (χ4n) is 1.82. The first-order valence-electron chi connectivity index (χ1n) is 7.05. The molecule has 0 fully saturated rings. The molecule has 0 saturated carbocycles. The molecule has 0 heterocycles. The van der Waals surface area contributed by atoms with Crippen LogP contribution in [0.4, 0.5) is 0 Å². The van der Waals surface area contributed by atoms with Crippen LogP contribution in [0.15, 0.2) is 29.4 Å². The van der Waals surface area contributed by atoms with E-state index in [-0.39, 0.29) is 0 Å². The van der Waals surface area contributed by atoms with Gasteiger partial charge in [0, 0.05) is 23.7 Å². The maximum Gasteiger partial charge on any atom is 0.369 e. The number of rotatable bonds is 8. The zero-order valence-corrected chi connectivity index (χ0v) is 13.7. The second-order valence-electron chi connectivity index (χ2n) is 4.71. The Morgan fingerprint density at radius 1 is 1.19 bits per heavy atom. The Kier molecular flexibility index (Phi) is 7.11. The van der Waals surface area contributed by atoms with Crippen molar-refractivity contribution in [2.75, 3.05) is 13.2 Å². The first-order valence-corrected chi connectivity index (χ1v) is 9.37. The van der Waals surface area contributed by atoms with Crippen molar-refractivity contribution in [1.29, 1.82) is 0 Å². The van der Waals surface area contributed by atoms with Gasteiger partial charge >= 0.3 is 8.56 Å². The van der Waals surface area contributed by atoms with Crippen LogP contribution in [-0.4, -0.2) is 27.7 Å². The average Bonchev–Trinajstić information content (AvgIpc) is 2.51. The summed E-state index contributed by atoms with van der Waals surface area (Å²) in [5.74, 6) is -0.587. The zero-order valence-electron chi connectivity index (χ0n) is 12.7. The Morgan fingerprint density at radius 3 is 2.14 bits per heavy atom. The van der Waals surface area contributed by atoms with Gasteiger partial charge in [-0.05, 0) is 35.2 Å². The second-order valence-corrected chi connectivity index (χ2v) is 7.76. The third-order valence-corrected chi connectivity index (χ3v) is 5.85. The van der Waals surface area contributed by atoms with E-state index in [0.29, 0.717) is 18.8 Å². The normalized spacial score (nSPS) is 11.0. The fourth-order valence-corrected chi connectivity index (χ4v) is 4.19. The molecule has 0 atom stereocenters. The minimum Gasteiger partial charge on any atom is -0.391 e. The van der Waals surface area contributed by atoms with E-state index in [0.717, 1.165) is 18.0 Å². The minimum absolute atomic E-state index is 0.360. The maximum atomic E-state index is 11.5. The highest BCUT2D eigenvalue weighted by atomic mass is 28.4. The third-order valence-electron chi connectivity index (χ3n) is 2.96. The van der Waals surface area contributed by atoms with Crippen molar-refractivity contribution in [3.8, 4) is 0 Å². The first kappa shape index (κ1) is 17.4. The van der Waals surface area contributed by atoms with Gasteiger partial charge in [-0.1, -0.05) is 38.1 Å². The fraction of sp³-hybridized carbons (Fsp3) is 0.500. The number of nitrogens with zero attached hydrogens (tertiary/aromatic N) is 3. The molecule has 0 aromatic heterocycles. The van der Waals surface area contributed by atoms with Gasteiger partial charge in [-0.2, -0.15) is 0 Å².